The molecular weight excluding hydrogens is 692 g/mol. The van der Waals surface area contributed by atoms with Gasteiger partial charge in [-0.05, 0) is 75.2 Å². The molecule has 0 saturated heterocycles. The number of aliphatic hydroxyl groups excluding tert-OH is 1. The average molecular weight is 739 g/mol. The Hall–Kier alpha value is -5.88. The molecule has 2 amide bonds. The van der Waals surface area contributed by atoms with Crippen LogP contribution in [-0.2, 0) is 30.3 Å². The maximum Gasteiger partial charge on any atom is 0.313 e. The number of nitrogens with one attached hydrogen (secondary N) is 1. The van der Waals surface area contributed by atoms with E-state index >= 15 is 0 Å². The van der Waals surface area contributed by atoms with E-state index in [2.05, 4.69) is 5.32 Å². The summed E-state index contributed by atoms with van der Waals surface area (Å²) in [4.78, 5) is 54.9. The minimum Gasteiger partial charge on any atom is -0.469 e. The van der Waals surface area contributed by atoms with E-state index in [1.54, 1.807) is 57.2 Å². The number of methoxy groups -OCH3 is 1. The van der Waals surface area contributed by atoms with Crippen molar-refractivity contribution in [1.29, 1.82) is 0 Å². The largest absolute Gasteiger partial charge is 0.469 e. The Morgan fingerprint density at radius 2 is 1.61 bits per heavy atom. The first-order valence-electron chi connectivity index (χ1n) is 17.7. The molecule has 2 N–H and O–H groups in total. The van der Waals surface area contributed by atoms with Gasteiger partial charge < -0.3 is 38.7 Å². The second-order valence-electron chi connectivity index (χ2n) is 13.9. The van der Waals surface area contributed by atoms with Gasteiger partial charge in [0.15, 0.2) is 17.3 Å². The summed E-state index contributed by atoms with van der Waals surface area (Å²) in [6.07, 6.45) is 1.32. The Bertz CT molecular complexity index is 1930. The Labute approximate surface area is 314 Å². The van der Waals surface area contributed by atoms with Gasteiger partial charge in [0, 0.05) is 30.6 Å². The maximum atomic E-state index is 14.5. The molecule has 1 aliphatic rings. The lowest BCUT2D eigenvalue weighted by atomic mass is 9.86. The number of nitrogens with zero attached hydrogens (tertiary/aromatic N) is 1. The number of aliphatic hydroxyl groups is 1. The third-order valence-electron chi connectivity index (χ3n) is 8.89. The van der Waals surface area contributed by atoms with E-state index in [-0.39, 0.29) is 25.5 Å². The number of carbonyl (C=O) groups excluding carboxylic acids is 4. The highest BCUT2D eigenvalue weighted by Crippen LogP contribution is 2.38. The Morgan fingerprint density at radius 1 is 0.926 bits per heavy atom. The molecule has 0 spiro atoms. The highest BCUT2D eigenvalue weighted by Gasteiger charge is 2.41. The van der Waals surface area contributed by atoms with Crippen molar-refractivity contribution in [2.24, 2.45) is 5.92 Å². The molecule has 2 heterocycles. The van der Waals surface area contributed by atoms with Gasteiger partial charge >= 0.3 is 11.9 Å². The summed E-state index contributed by atoms with van der Waals surface area (Å²) in [5, 5.41) is 14.5. The van der Waals surface area contributed by atoms with Gasteiger partial charge in [0.25, 0.3) is 11.8 Å². The van der Waals surface area contributed by atoms with Crippen molar-refractivity contribution >= 4 is 35.5 Å². The molecule has 4 aromatic rings. The van der Waals surface area contributed by atoms with E-state index in [0.29, 0.717) is 22.9 Å². The molecule has 0 saturated carbocycles. The third kappa shape index (κ3) is 10.4. The number of ether oxygens (including phenoxy) is 4. The molecule has 5 rings (SSSR count). The fraction of sp³-hybridized carbons (Fsp3) is 0.333. The number of anilines is 1. The van der Waals surface area contributed by atoms with Gasteiger partial charge in [-0.3, -0.25) is 19.2 Å². The molecule has 0 aliphatic carbocycles. The van der Waals surface area contributed by atoms with Crippen LogP contribution in [0.2, 0.25) is 0 Å². The summed E-state index contributed by atoms with van der Waals surface area (Å²) in [6, 6.07) is 26.6. The lowest BCUT2D eigenvalue weighted by Crippen LogP contribution is -2.51. The van der Waals surface area contributed by atoms with E-state index in [9.17, 15) is 24.3 Å². The Kier molecular flexibility index (Phi) is 12.9. The number of hydrogen-bond donors (Lipinski definition) is 2. The smallest absolute Gasteiger partial charge is 0.313 e. The summed E-state index contributed by atoms with van der Waals surface area (Å²) in [7, 11) is 1.16. The third-order valence-corrected chi connectivity index (χ3v) is 8.89. The highest BCUT2D eigenvalue weighted by atomic mass is 16.7. The van der Waals surface area contributed by atoms with Crippen LogP contribution in [0.25, 0.3) is 6.08 Å². The summed E-state index contributed by atoms with van der Waals surface area (Å²) in [5.74, 6) is -3.31. The van der Waals surface area contributed by atoms with Gasteiger partial charge in [-0.25, -0.2) is 0 Å². The molecule has 1 aliphatic heterocycles. The van der Waals surface area contributed by atoms with Crippen molar-refractivity contribution < 1.29 is 47.6 Å². The zero-order valence-electron chi connectivity index (χ0n) is 31.0. The lowest BCUT2D eigenvalue weighted by Gasteiger charge is -2.37. The molecule has 54 heavy (non-hydrogen) atoms. The molecule has 0 radical (unpaired) electrons. The van der Waals surface area contributed by atoms with Crippen molar-refractivity contribution in [3.63, 3.8) is 0 Å². The molecule has 12 nitrogen and oxygen atoms in total. The minimum absolute atomic E-state index is 0.0230. The number of benzene rings is 3. The number of carbonyl (C=O) groups is 4. The molecule has 2 unspecified atom stereocenters. The number of rotatable bonds is 15. The van der Waals surface area contributed by atoms with Crippen molar-refractivity contribution in [1.82, 2.24) is 4.90 Å². The molecule has 0 fully saturated rings. The van der Waals surface area contributed by atoms with Crippen molar-refractivity contribution in [3.8, 4) is 11.5 Å². The fourth-order valence-corrected chi connectivity index (χ4v) is 6.10. The number of hydrogen-bond acceptors (Lipinski definition) is 10. The van der Waals surface area contributed by atoms with Gasteiger partial charge in [-0.15, -0.1) is 0 Å². The zero-order chi connectivity index (χ0) is 38.8. The van der Waals surface area contributed by atoms with Crippen LogP contribution in [0, 0.1) is 5.92 Å². The van der Waals surface area contributed by atoms with E-state index in [1.807, 2.05) is 73.7 Å². The van der Waals surface area contributed by atoms with Crippen LogP contribution < -0.4 is 14.8 Å². The van der Waals surface area contributed by atoms with Gasteiger partial charge in [0.1, 0.15) is 23.4 Å². The van der Waals surface area contributed by atoms with E-state index in [4.69, 9.17) is 23.4 Å². The van der Waals surface area contributed by atoms with Crippen LogP contribution in [0.4, 0.5) is 5.69 Å². The van der Waals surface area contributed by atoms with Gasteiger partial charge in [-0.2, -0.15) is 0 Å². The monoisotopic (exact) mass is 738 g/mol. The van der Waals surface area contributed by atoms with Crippen LogP contribution in [0.5, 0.6) is 11.5 Å². The standard InChI is InChI=1S/C42H46N2O10/c1-27(44(22-12-15-28-13-8-6-9-14-28)40(48)38(46)33(25-37(45)50-5)41(49)54-42(2,3)4)32(29-18-20-34-36(23-29)52-26-51-34)24-31-19-21-35(53-31)39(47)43-30-16-10-7-11-17-30/h6-21,23,27,32-33,38,46H,22,24-26H2,1-5H3,(H,43,47)/b15-12+/t27-,32+,33?,38?/m1/s1. The highest BCUT2D eigenvalue weighted by molar-refractivity contribution is 6.02. The van der Waals surface area contributed by atoms with Crippen molar-refractivity contribution in [3.05, 3.63) is 120 Å². The first-order chi connectivity index (χ1) is 25.8. The molecule has 284 valence electrons. The molecule has 1 aromatic heterocycles. The first kappa shape index (κ1) is 39.3. The van der Waals surface area contributed by atoms with Crippen molar-refractivity contribution in [2.75, 3.05) is 25.8 Å². The Morgan fingerprint density at radius 3 is 2.30 bits per heavy atom. The molecule has 0 bridgehead atoms. The van der Waals surface area contributed by atoms with Crippen LogP contribution in [0.3, 0.4) is 0 Å². The van der Waals surface area contributed by atoms with E-state index in [1.165, 1.54) is 4.90 Å². The summed E-state index contributed by atoms with van der Waals surface area (Å²) in [6.45, 7) is 6.86. The van der Waals surface area contributed by atoms with Crippen molar-refractivity contribution in [2.45, 2.75) is 64.2 Å². The lowest BCUT2D eigenvalue weighted by molar-refractivity contribution is -0.172. The second-order valence-corrected chi connectivity index (χ2v) is 13.9. The predicted octanol–water partition coefficient (Wildman–Crippen LogP) is 6.40. The number of esters is 2. The van der Waals surface area contributed by atoms with Gasteiger partial charge in [-0.1, -0.05) is 66.7 Å². The minimum atomic E-state index is -1.96. The van der Waals surface area contributed by atoms with E-state index < -0.39 is 59.8 Å². The predicted molar refractivity (Wildman–Crippen MR) is 201 cm³/mol. The molecule has 12 heteroatoms. The number of amides is 2. The van der Waals surface area contributed by atoms with Crippen LogP contribution in [-0.4, -0.2) is 72.0 Å². The van der Waals surface area contributed by atoms with Gasteiger partial charge in [0.2, 0.25) is 6.79 Å². The molecule has 3 aromatic carbocycles. The second kappa shape index (κ2) is 17.8. The van der Waals surface area contributed by atoms with Gasteiger partial charge in [0.05, 0.1) is 13.5 Å². The SMILES string of the molecule is COC(=O)CC(C(=O)OC(C)(C)C)C(O)C(=O)N(C/C=C/c1ccccc1)[C@H](C)[C@H](Cc1ccc(C(=O)Nc2ccccc2)o1)c1ccc2c(c1)OCO2. The molecular formula is C42H46N2O10. The average Bonchev–Trinajstić information content (AvgIpc) is 3.83. The summed E-state index contributed by atoms with van der Waals surface area (Å²) in [5.41, 5.74) is 1.31. The summed E-state index contributed by atoms with van der Waals surface area (Å²) >= 11 is 0. The molecule has 4 atom stereocenters. The quantitative estimate of drug-likeness (QED) is 0.131. The van der Waals surface area contributed by atoms with Crippen LogP contribution in [0.15, 0.2) is 101 Å². The first-order valence-corrected chi connectivity index (χ1v) is 17.7. The fourth-order valence-electron chi connectivity index (χ4n) is 6.10. The van der Waals surface area contributed by atoms with Crippen LogP contribution in [0.1, 0.15) is 67.5 Å². The topological polar surface area (TPSA) is 154 Å². The number of furan rings is 1. The van der Waals surface area contributed by atoms with Crippen LogP contribution >= 0.6 is 0 Å². The van der Waals surface area contributed by atoms with E-state index in [0.717, 1.165) is 18.2 Å². The number of fused-ring (bicyclic) bond motifs is 1. The normalized spacial score (nSPS) is 14.5. The Balaban J connectivity index is 1.50. The zero-order valence-corrected chi connectivity index (χ0v) is 31.0. The summed E-state index contributed by atoms with van der Waals surface area (Å²) < 4.78 is 27.6. The maximum absolute atomic E-state index is 14.5. The number of para-hydroxylation sites is 1.